The van der Waals surface area contributed by atoms with Crippen LogP contribution in [0.2, 0.25) is 0 Å². The van der Waals surface area contributed by atoms with E-state index in [9.17, 15) is 13.2 Å². The number of hydrogen-bond donors (Lipinski definition) is 4. The number of rotatable bonds is 6. The van der Waals surface area contributed by atoms with Crippen LogP contribution in [0.15, 0.2) is 59.5 Å². The van der Waals surface area contributed by atoms with Crippen LogP contribution in [0.1, 0.15) is 12.0 Å². The van der Waals surface area contributed by atoms with Gasteiger partial charge in [0.1, 0.15) is 0 Å². The fourth-order valence-electron chi connectivity index (χ4n) is 1.97. The summed E-state index contributed by atoms with van der Waals surface area (Å²) in [5.41, 5.74) is 6.72. The first-order valence-corrected chi connectivity index (χ1v) is 9.73. The van der Waals surface area contributed by atoms with Gasteiger partial charge in [0.25, 0.3) is 0 Å². The zero-order valence-corrected chi connectivity index (χ0v) is 15.8. The highest BCUT2D eigenvalue weighted by Gasteiger charge is 2.13. The first kappa shape index (κ1) is 19.8. The molecular formula is C17H20N4O3S2. The van der Waals surface area contributed by atoms with Crippen molar-refractivity contribution in [1.29, 1.82) is 0 Å². The number of thiocarbonyl (C=S) groups is 1. The van der Waals surface area contributed by atoms with Gasteiger partial charge >= 0.3 is 0 Å². The van der Waals surface area contributed by atoms with Gasteiger partial charge in [0, 0.05) is 18.7 Å². The van der Waals surface area contributed by atoms with E-state index in [0.29, 0.717) is 0 Å². The summed E-state index contributed by atoms with van der Waals surface area (Å²) in [6.45, 7) is 1.85. The molecule has 0 unspecified atom stereocenters. The van der Waals surface area contributed by atoms with E-state index in [2.05, 4.69) is 20.9 Å². The van der Waals surface area contributed by atoms with E-state index in [0.717, 1.165) is 11.3 Å². The zero-order valence-electron chi connectivity index (χ0n) is 14.2. The van der Waals surface area contributed by atoms with Crippen LogP contribution in [0.5, 0.6) is 0 Å². The van der Waals surface area contributed by atoms with Crippen LogP contribution < -0.4 is 20.9 Å². The Morgan fingerprint density at radius 3 is 2.31 bits per heavy atom. The van der Waals surface area contributed by atoms with Crippen molar-refractivity contribution in [2.45, 2.75) is 18.2 Å². The van der Waals surface area contributed by atoms with E-state index in [4.69, 9.17) is 12.2 Å². The zero-order chi connectivity index (χ0) is 19.0. The maximum Gasteiger partial charge on any atom is 0.240 e. The minimum absolute atomic E-state index is 0.0252. The van der Waals surface area contributed by atoms with Gasteiger partial charge in [-0.05, 0) is 43.4 Å². The Hall–Kier alpha value is -2.49. The molecule has 0 heterocycles. The quantitative estimate of drug-likeness (QED) is 0.441. The van der Waals surface area contributed by atoms with Crippen LogP contribution >= 0.6 is 12.2 Å². The van der Waals surface area contributed by atoms with Gasteiger partial charge in [-0.25, -0.2) is 13.1 Å². The Balaban J connectivity index is 1.71. The topological polar surface area (TPSA) is 99.3 Å². The van der Waals surface area contributed by atoms with Crippen molar-refractivity contribution in [3.05, 3.63) is 60.2 Å². The fourth-order valence-corrected chi connectivity index (χ4v) is 3.17. The first-order valence-electron chi connectivity index (χ1n) is 7.84. The molecule has 0 fully saturated rings. The third-order valence-corrected chi connectivity index (χ3v) is 5.00. The lowest BCUT2D eigenvalue weighted by Gasteiger charge is -2.12. The Morgan fingerprint density at radius 1 is 1.00 bits per heavy atom. The molecule has 7 nitrogen and oxygen atoms in total. The molecule has 0 bridgehead atoms. The summed E-state index contributed by atoms with van der Waals surface area (Å²) in [5, 5.41) is 3.12. The number of nitrogens with one attached hydrogen (secondary N) is 4. The van der Waals surface area contributed by atoms with Crippen molar-refractivity contribution in [3.8, 4) is 0 Å². The normalized spacial score (nSPS) is 10.8. The van der Waals surface area contributed by atoms with Gasteiger partial charge in [-0.1, -0.05) is 35.9 Å². The van der Waals surface area contributed by atoms with Crippen molar-refractivity contribution >= 4 is 38.9 Å². The third kappa shape index (κ3) is 6.43. The number of benzene rings is 2. The summed E-state index contributed by atoms with van der Waals surface area (Å²) in [7, 11) is -3.63. The van der Waals surface area contributed by atoms with Gasteiger partial charge in [0.2, 0.25) is 15.9 Å². The summed E-state index contributed by atoms with van der Waals surface area (Å²) in [5.74, 6) is -0.395. The van der Waals surface area contributed by atoms with Gasteiger partial charge < -0.3 is 5.32 Å². The third-order valence-electron chi connectivity index (χ3n) is 3.32. The molecule has 4 N–H and O–H groups in total. The average molecular weight is 393 g/mol. The fraction of sp³-hybridized carbons (Fsp3) is 0.176. The molecule has 0 atom stereocenters. The maximum absolute atomic E-state index is 12.1. The van der Waals surface area contributed by atoms with E-state index < -0.39 is 15.9 Å². The molecule has 0 saturated carbocycles. The molecule has 0 aliphatic rings. The van der Waals surface area contributed by atoms with Gasteiger partial charge in [-0.15, -0.1) is 0 Å². The number of carbonyl (C=O) groups is 1. The van der Waals surface area contributed by atoms with Crippen LogP contribution in [0.4, 0.5) is 5.69 Å². The number of hydrazine groups is 1. The summed E-state index contributed by atoms with van der Waals surface area (Å²) >= 11 is 5.05. The molecule has 0 aliphatic heterocycles. The second-order valence-electron chi connectivity index (χ2n) is 5.45. The number of aryl methyl sites for hydroxylation is 1. The number of carbonyl (C=O) groups excluding carboxylic acids is 1. The number of para-hydroxylation sites is 1. The highest BCUT2D eigenvalue weighted by Crippen LogP contribution is 2.09. The van der Waals surface area contributed by atoms with Crippen molar-refractivity contribution in [2.24, 2.45) is 0 Å². The lowest BCUT2D eigenvalue weighted by atomic mass is 10.2. The van der Waals surface area contributed by atoms with Gasteiger partial charge in [-0.2, -0.15) is 0 Å². The molecule has 0 saturated heterocycles. The van der Waals surface area contributed by atoms with Crippen LogP contribution in [-0.4, -0.2) is 26.0 Å². The van der Waals surface area contributed by atoms with Gasteiger partial charge in [0.05, 0.1) is 4.90 Å². The monoisotopic (exact) mass is 392 g/mol. The van der Waals surface area contributed by atoms with E-state index in [-0.39, 0.29) is 23.0 Å². The molecule has 2 aromatic carbocycles. The number of anilines is 1. The molecule has 1 amide bonds. The predicted molar refractivity (Wildman–Crippen MR) is 105 cm³/mol. The molecule has 0 aromatic heterocycles. The lowest BCUT2D eigenvalue weighted by molar-refractivity contribution is -0.121. The van der Waals surface area contributed by atoms with Gasteiger partial charge in [-0.3, -0.25) is 15.6 Å². The van der Waals surface area contributed by atoms with Gasteiger partial charge in [0.15, 0.2) is 5.11 Å². The second-order valence-corrected chi connectivity index (χ2v) is 7.63. The summed E-state index contributed by atoms with van der Waals surface area (Å²) < 4.78 is 26.6. The Morgan fingerprint density at radius 2 is 1.65 bits per heavy atom. The minimum atomic E-state index is -3.63. The smallest absolute Gasteiger partial charge is 0.240 e. The second kappa shape index (κ2) is 9.27. The SMILES string of the molecule is Cc1ccc(S(=O)(=O)NCCC(=O)NNC(=S)Nc2ccccc2)cc1. The molecule has 9 heteroatoms. The summed E-state index contributed by atoms with van der Waals surface area (Å²) in [4.78, 5) is 11.9. The minimum Gasteiger partial charge on any atom is -0.331 e. The van der Waals surface area contributed by atoms with Crippen molar-refractivity contribution in [1.82, 2.24) is 15.6 Å². The molecule has 0 radical (unpaired) electrons. The van der Waals surface area contributed by atoms with Crippen molar-refractivity contribution in [2.75, 3.05) is 11.9 Å². The van der Waals surface area contributed by atoms with E-state index >= 15 is 0 Å². The van der Waals surface area contributed by atoms with Crippen LogP contribution in [0.25, 0.3) is 0 Å². The standard InChI is InChI=1S/C17H20N4O3S2/c1-13-7-9-15(10-8-13)26(23,24)18-12-11-16(22)20-21-17(25)19-14-5-3-2-4-6-14/h2-10,18H,11-12H2,1H3,(H,20,22)(H2,19,21,25). The molecule has 138 valence electrons. The molecule has 0 aliphatic carbocycles. The highest BCUT2D eigenvalue weighted by molar-refractivity contribution is 7.89. The van der Waals surface area contributed by atoms with Crippen molar-refractivity contribution in [3.63, 3.8) is 0 Å². The number of amides is 1. The van der Waals surface area contributed by atoms with Crippen LogP contribution in [0, 0.1) is 6.92 Å². The van der Waals surface area contributed by atoms with E-state index in [1.807, 2.05) is 37.3 Å². The van der Waals surface area contributed by atoms with Crippen LogP contribution in [0.3, 0.4) is 0 Å². The average Bonchev–Trinajstić information content (AvgIpc) is 2.61. The Kier molecular flexibility index (Phi) is 7.07. The van der Waals surface area contributed by atoms with Crippen molar-refractivity contribution < 1.29 is 13.2 Å². The maximum atomic E-state index is 12.1. The number of sulfonamides is 1. The van der Waals surface area contributed by atoms with E-state index in [1.165, 1.54) is 12.1 Å². The highest BCUT2D eigenvalue weighted by atomic mass is 32.2. The summed E-state index contributed by atoms with van der Waals surface area (Å²) in [6, 6.07) is 15.7. The number of hydrogen-bond acceptors (Lipinski definition) is 4. The molecular weight excluding hydrogens is 372 g/mol. The van der Waals surface area contributed by atoms with Crippen LogP contribution in [-0.2, 0) is 14.8 Å². The summed E-state index contributed by atoms with van der Waals surface area (Å²) in [6.07, 6.45) is -0.0357. The Labute approximate surface area is 158 Å². The molecule has 0 spiro atoms. The lowest BCUT2D eigenvalue weighted by Crippen LogP contribution is -2.44. The first-order chi connectivity index (χ1) is 12.4. The predicted octanol–water partition coefficient (Wildman–Crippen LogP) is 1.68. The molecule has 2 aromatic rings. The largest absolute Gasteiger partial charge is 0.331 e. The Bertz CT molecular complexity index is 853. The van der Waals surface area contributed by atoms with E-state index in [1.54, 1.807) is 12.1 Å². The molecule has 2 rings (SSSR count). The molecule has 26 heavy (non-hydrogen) atoms.